The molecule has 4 heteroatoms. The maximum absolute atomic E-state index is 11.8. The molecule has 0 bridgehead atoms. The third kappa shape index (κ3) is 5.46. The molecule has 4 aliphatic rings. The van der Waals surface area contributed by atoms with E-state index in [1.165, 1.54) is 31.3 Å². The third-order valence-corrected chi connectivity index (χ3v) is 10.7. The monoisotopic (exact) mass is 501 g/mol. The van der Waals surface area contributed by atoms with Crippen LogP contribution in [0.2, 0.25) is 6.82 Å². The first kappa shape index (κ1) is 28.1. The second kappa shape index (κ2) is 11.4. The van der Waals surface area contributed by atoms with Gasteiger partial charge in [0.05, 0.1) is 6.10 Å². The lowest BCUT2D eigenvalue weighted by atomic mass is 9.47. The van der Waals surface area contributed by atoms with Crippen LogP contribution in [0.15, 0.2) is 35.9 Å². The lowest BCUT2D eigenvalue weighted by Gasteiger charge is -2.57. The van der Waals surface area contributed by atoms with Gasteiger partial charge >= 0.3 is 0 Å². The Bertz CT molecular complexity index is 1060. The summed E-state index contributed by atoms with van der Waals surface area (Å²) < 4.78 is 0. The van der Waals surface area contributed by atoms with Crippen molar-refractivity contribution in [3.63, 3.8) is 0 Å². The number of allylic oxidation sites excluding steroid dienone is 2. The fraction of sp³-hybridized carbons (Fsp3) is 0.636. The summed E-state index contributed by atoms with van der Waals surface area (Å²) in [6, 6.07) is 5.95. The molecule has 0 amide bonds. The van der Waals surface area contributed by atoms with E-state index in [4.69, 9.17) is 0 Å². The van der Waals surface area contributed by atoms with Crippen molar-refractivity contribution in [1.82, 2.24) is 0 Å². The summed E-state index contributed by atoms with van der Waals surface area (Å²) in [6.07, 6.45) is 16.9. The molecule has 1 N–H and O–H groups in total. The quantitative estimate of drug-likeness (QED) is 0.356. The molecular formula is C33H46BO3. The van der Waals surface area contributed by atoms with E-state index in [1.54, 1.807) is 0 Å². The average molecular weight is 502 g/mol. The number of carbonyl (C=O) groups is 2. The number of aldehydes is 1. The van der Waals surface area contributed by atoms with Crippen LogP contribution in [0.4, 0.5) is 0 Å². The van der Waals surface area contributed by atoms with Crippen LogP contribution >= 0.6 is 0 Å². The molecule has 0 heterocycles. The van der Waals surface area contributed by atoms with E-state index < -0.39 is 0 Å². The van der Waals surface area contributed by atoms with Crippen molar-refractivity contribution in [3.8, 4) is 0 Å². The van der Waals surface area contributed by atoms with Gasteiger partial charge in [-0.3, -0.25) is 9.59 Å². The topological polar surface area (TPSA) is 54.4 Å². The number of ketones is 1. The second-order valence-corrected chi connectivity index (χ2v) is 12.6. The predicted molar refractivity (Wildman–Crippen MR) is 154 cm³/mol. The van der Waals surface area contributed by atoms with E-state index in [1.807, 2.05) is 44.5 Å². The summed E-state index contributed by atoms with van der Waals surface area (Å²) in [4.78, 5) is 22.7. The smallest absolute Gasteiger partial charge is 0.155 e. The Morgan fingerprint density at radius 2 is 1.86 bits per heavy atom. The largest absolute Gasteiger partial charge is 0.393 e. The van der Waals surface area contributed by atoms with E-state index in [2.05, 4.69) is 33.8 Å². The van der Waals surface area contributed by atoms with Gasteiger partial charge in [-0.1, -0.05) is 82.3 Å². The third-order valence-electron chi connectivity index (χ3n) is 10.7. The van der Waals surface area contributed by atoms with Crippen LogP contribution in [-0.2, 0) is 4.79 Å². The van der Waals surface area contributed by atoms with Crippen molar-refractivity contribution >= 4 is 30.9 Å². The highest BCUT2D eigenvalue weighted by molar-refractivity contribution is 6.52. The van der Waals surface area contributed by atoms with Crippen LogP contribution in [0.25, 0.3) is 6.08 Å². The maximum atomic E-state index is 11.8. The molecular weight excluding hydrogens is 455 g/mol. The van der Waals surface area contributed by atoms with Crippen LogP contribution in [0.3, 0.4) is 0 Å². The zero-order valence-electron chi connectivity index (χ0n) is 23.6. The molecule has 3 saturated carbocycles. The van der Waals surface area contributed by atoms with Gasteiger partial charge in [0, 0.05) is 12.0 Å². The minimum atomic E-state index is -0.0823. The van der Waals surface area contributed by atoms with Gasteiger partial charge in [0.25, 0.3) is 0 Å². The zero-order chi connectivity index (χ0) is 26.8. The van der Waals surface area contributed by atoms with Crippen LogP contribution < -0.4 is 5.46 Å². The van der Waals surface area contributed by atoms with Gasteiger partial charge in [-0.15, -0.1) is 0 Å². The molecule has 0 saturated heterocycles. The Morgan fingerprint density at radius 1 is 1.08 bits per heavy atom. The minimum Gasteiger partial charge on any atom is -0.393 e. The number of aliphatic hydroxyl groups excluding tert-OH is 1. The van der Waals surface area contributed by atoms with Crippen LogP contribution in [-0.4, -0.2) is 30.6 Å². The van der Waals surface area contributed by atoms with Crippen molar-refractivity contribution in [2.75, 3.05) is 0 Å². The normalized spacial score (nSPS) is 35.4. The highest BCUT2D eigenvalue weighted by Crippen LogP contribution is 2.65. The summed E-state index contributed by atoms with van der Waals surface area (Å²) >= 11 is 0. The molecule has 7 atom stereocenters. The highest BCUT2D eigenvalue weighted by atomic mass is 16.3. The van der Waals surface area contributed by atoms with Gasteiger partial charge in [0.1, 0.15) is 7.28 Å². The van der Waals surface area contributed by atoms with Crippen molar-refractivity contribution < 1.29 is 14.7 Å². The SMILES string of the molecule is CC12CCC(=O)C=C1CCC1C2CCC2(C)C(O)CCC12.C[B]c1ccc(/C=C\C(C)CC)c(C=O)c1. The first-order chi connectivity index (χ1) is 17.7. The Labute approximate surface area is 225 Å². The number of benzene rings is 1. The molecule has 199 valence electrons. The summed E-state index contributed by atoms with van der Waals surface area (Å²) in [5, 5.41) is 10.4. The van der Waals surface area contributed by atoms with Gasteiger partial charge in [-0.05, 0) is 91.1 Å². The van der Waals surface area contributed by atoms with Crippen LogP contribution in [0.1, 0.15) is 101 Å². The van der Waals surface area contributed by atoms with E-state index in [0.29, 0.717) is 17.6 Å². The summed E-state index contributed by atoms with van der Waals surface area (Å²) in [6.45, 7) is 11.1. The van der Waals surface area contributed by atoms with E-state index in [9.17, 15) is 14.7 Å². The molecule has 5 rings (SSSR count). The van der Waals surface area contributed by atoms with Gasteiger partial charge in [0.2, 0.25) is 0 Å². The van der Waals surface area contributed by atoms with E-state index in [0.717, 1.165) is 66.8 Å². The summed E-state index contributed by atoms with van der Waals surface area (Å²) in [5.41, 5.74) is 4.73. The molecule has 1 radical (unpaired) electrons. The maximum Gasteiger partial charge on any atom is 0.155 e. The number of hydrogen-bond donors (Lipinski definition) is 1. The van der Waals surface area contributed by atoms with Crippen molar-refractivity contribution in [2.24, 2.45) is 34.5 Å². The standard InChI is InChI=1S/C19H28O2.C14H18BO/c1-18-9-7-13(20)11-12(18)3-4-14-15-5-6-17(21)19(15,2)10-8-16(14)18;1-4-11(2)5-6-12-7-8-14(15-3)9-13(12)10-16/h11,14-17,21H,3-10H2,1-2H3;5-11H,4H2,1-3H3/b;6-5-. The molecule has 1 aromatic rings. The van der Waals surface area contributed by atoms with E-state index in [-0.39, 0.29) is 16.9 Å². The molecule has 3 nitrogen and oxygen atoms in total. The number of carbonyl (C=O) groups excluding carboxylic acids is 2. The lowest BCUT2D eigenvalue weighted by Crippen LogP contribution is -2.51. The predicted octanol–water partition coefficient (Wildman–Crippen LogP) is 6.82. The molecule has 0 aliphatic heterocycles. The van der Waals surface area contributed by atoms with Gasteiger partial charge in [-0.2, -0.15) is 0 Å². The lowest BCUT2D eigenvalue weighted by molar-refractivity contribution is -0.118. The summed E-state index contributed by atoms with van der Waals surface area (Å²) in [5.74, 6) is 3.13. The molecule has 3 fully saturated rings. The molecule has 0 spiro atoms. The molecule has 37 heavy (non-hydrogen) atoms. The van der Waals surface area contributed by atoms with Gasteiger partial charge in [0.15, 0.2) is 12.1 Å². The first-order valence-electron chi connectivity index (χ1n) is 14.6. The number of fused-ring (bicyclic) bond motifs is 5. The molecule has 7 unspecified atom stereocenters. The van der Waals surface area contributed by atoms with Gasteiger partial charge < -0.3 is 5.11 Å². The first-order valence-corrected chi connectivity index (χ1v) is 14.6. The zero-order valence-corrected chi connectivity index (χ0v) is 23.6. The van der Waals surface area contributed by atoms with Crippen LogP contribution in [0, 0.1) is 34.5 Å². The Morgan fingerprint density at radius 3 is 2.57 bits per heavy atom. The Balaban J connectivity index is 0.000000181. The summed E-state index contributed by atoms with van der Waals surface area (Å²) in [7, 11) is 2.00. The van der Waals surface area contributed by atoms with Crippen LogP contribution in [0.5, 0.6) is 0 Å². The fourth-order valence-electron chi connectivity index (χ4n) is 7.96. The minimum absolute atomic E-state index is 0.0823. The molecule has 1 aromatic carbocycles. The average Bonchev–Trinajstić information content (AvgIpc) is 3.22. The Hall–Kier alpha value is -1.94. The number of rotatable bonds is 5. The van der Waals surface area contributed by atoms with Gasteiger partial charge in [-0.25, -0.2) is 0 Å². The fourth-order valence-corrected chi connectivity index (χ4v) is 7.96. The highest BCUT2D eigenvalue weighted by Gasteiger charge is 2.58. The van der Waals surface area contributed by atoms with Crippen molar-refractivity contribution in [1.29, 1.82) is 0 Å². The molecule has 0 aromatic heterocycles. The van der Waals surface area contributed by atoms with Crippen molar-refractivity contribution in [2.45, 2.75) is 98.4 Å². The number of aliphatic hydroxyl groups is 1. The Kier molecular flexibility index (Phi) is 8.68. The van der Waals surface area contributed by atoms with Crippen molar-refractivity contribution in [3.05, 3.63) is 47.1 Å². The van der Waals surface area contributed by atoms with E-state index >= 15 is 0 Å². The second-order valence-electron chi connectivity index (χ2n) is 12.6. The molecule has 4 aliphatic carbocycles. The number of hydrogen-bond acceptors (Lipinski definition) is 3.